The van der Waals surface area contributed by atoms with Gasteiger partial charge in [0.2, 0.25) is 0 Å². The molecule has 2 N–H and O–H groups in total. The smallest absolute Gasteiger partial charge is 0.343 e. The first-order valence-electron chi connectivity index (χ1n) is 2.02. The normalized spacial score (nSPS) is 8.44. The molecule has 0 unspecified atom stereocenters. The Hall–Kier alpha value is -0.970. The van der Waals surface area contributed by atoms with Crippen LogP contribution in [0.5, 0.6) is 0 Å². The third kappa shape index (κ3) is 3.60. The lowest BCUT2D eigenvalue weighted by molar-refractivity contribution is -0.137. The highest BCUT2D eigenvalue weighted by Crippen LogP contribution is 1.85. The largest absolute Gasteiger partial charge is 0.481 e. The van der Waals surface area contributed by atoms with Crippen molar-refractivity contribution in [2.75, 3.05) is 0 Å². The average molecular weight is 148 g/mol. The molecule has 0 radical (unpaired) electrons. The lowest BCUT2D eigenvalue weighted by Gasteiger charge is -1.88. The molecule has 4 nitrogen and oxygen atoms in total. The first kappa shape index (κ1) is 8.03. The molecule has 0 aromatic carbocycles. The van der Waals surface area contributed by atoms with E-state index in [0.717, 1.165) is 0 Å². The second-order valence-corrected chi connectivity index (χ2v) is 1.79. The molecule has 0 aliphatic rings. The van der Waals surface area contributed by atoms with Gasteiger partial charge in [0.05, 0.1) is 6.42 Å². The number of carbonyl (C=O) groups is 2. The molecule has 0 amide bonds. The molecule has 0 aromatic heterocycles. The molecule has 0 heterocycles. The zero-order valence-electron chi connectivity index (χ0n) is 4.33. The summed E-state index contributed by atoms with van der Waals surface area (Å²) in [5, 5.41) is 16.0. The second-order valence-electron chi connectivity index (χ2n) is 1.30. The molecule has 0 saturated heterocycles. The van der Waals surface area contributed by atoms with Crippen LogP contribution in [0.2, 0.25) is 0 Å². The minimum atomic E-state index is -1.34. The number of aliphatic carboxylic acids is 2. The molecule has 0 bridgehead atoms. The third-order valence-corrected chi connectivity index (χ3v) is 0.869. The van der Waals surface area contributed by atoms with Gasteiger partial charge in [-0.25, -0.2) is 4.79 Å². The number of carboxylic acid groups (broad SMARTS) is 2. The summed E-state index contributed by atoms with van der Waals surface area (Å²) >= 11 is 4.17. The van der Waals surface area contributed by atoms with Crippen LogP contribution in [-0.4, -0.2) is 27.0 Å². The Morgan fingerprint density at radius 1 is 1.33 bits per heavy atom. The van der Waals surface area contributed by atoms with Crippen LogP contribution in [0.1, 0.15) is 6.42 Å². The van der Waals surface area contributed by atoms with Crippen LogP contribution in [0.4, 0.5) is 0 Å². The van der Waals surface area contributed by atoms with Crippen LogP contribution < -0.4 is 0 Å². The van der Waals surface area contributed by atoms with E-state index in [1.165, 1.54) is 0 Å². The fourth-order valence-electron chi connectivity index (χ4n) is 0.213. The number of hydrogen-bond donors (Lipinski definition) is 2. The van der Waals surface area contributed by atoms with Gasteiger partial charge in [-0.1, -0.05) is 12.2 Å². The predicted molar refractivity (Wildman–Crippen MR) is 32.5 cm³/mol. The Labute approximate surface area is 56.1 Å². The monoisotopic (exact) mass is 148 g/mol. The van der Waals surface area contributed by atoms with Gasteiger partial charge in [-0.05, 0) is 0 Å². The van der Waals surface area contributed by atoms with Gasteiger partial charge in [-0.15, -0.1) is 0 Å². The van der Waals surface area contributed by atoms with Gasteiger partial charge in [0.1, 0.15) is 4.86 Å². The fraction of sp³-hybridized carbons (Fsp3) is 0.250. The number of carboxylic acids is 2. The van der Waals surface area contributed by atoms with Gasteiger partial charge >= 0.3 is 11.9 Å². The van der Waals surface area contributed by atoms with E-state index in [2.05, 4.69) is 12.2 Å². The maximum absolute atomic E-state index is 9.83. The number of rotatable bonds is 3. The Bertz CT molecular complexity index is 162. The van der Waals surface area contributed by atoms with Crippen molar-refractivity contribution in [2.24, 2.45) is 0 Å². The first-order valence-corrected chi connectivity index (χ1v) is 2.42. The van der Waals surface area contributed by atoms with Crippen LogP contribution in [0.15, 0.2) is 0 Å². The van der Waals surface area contributed by atoms with Crippen LogP contribution >= 0.6 is 12.2 Å². The van der Waals surface area contributed by atoms with Crippen molar-refractivity contribution in [1.29, 1.82) is 0 Å². The summed E-state index contributed by atoms with van der Waals surface area (Å²) in [6, 6.07) is 0. The van der Waals surface area contributed by atoms with Crippen LogP contribution in [0, 0.1) is 0 Å². The van der Waals surface area contributed by atoms with Crippen molar-refractivity contribution < 1.29 is 19.8 Å². The lowest BCUT2D eigenvalue weighted by atomic mass is 10.3. The van der Waals surface area contributed by atoms with Crippen molar-refractivity contribution in [3.05, 3.63) is 0 Å². The molecule has 0 spiro atoms. The van der Waals surface area contributed by atoms with Gasteiger partial charge in [0.25, 0.3) is 0 Å². The van der Waals surface area contributed by atoms with Crippen LogP contribution in [0.3, 0.4) is 0 Å². The third-order valence-electron chi connectivity index (χ3n) is 0.550. The summed E-state index contributed by atoms with van der Waals surface area (Å²) in [4.78, 5) is 19.1. The quantitative estimate of drug-likeness (QED) is 0.547. The molecular formula is C4H4O4S. The molecule has 0 saturated carbocycles. The van der Waals surface area contributed by atoms with E-state index in [1.54, 1.807) is 0 Å². The predicted octanol–water partition coefficient (Wildman–Crippen LogP) is -0.0844. The standard InChI is InChI=1S/C4H4O4S/c5-3(6)1-2(9)4(7)8/h1H2,(H,5,6)(H,7,8). The summed E-state index contributed by atoms with van der Waals surface area (Å²) in [6.07, 6.45) is -0.579. The van der Waals surface area contributed by atoms with E-state index in [0.29, 0.717) is 0 Å². The Balaban J connectivity index is 3.79. The number of thiocarbonyl (C=S) groups is 1. The molecule has 0 rings (SSSR count). The van der Waals surface area contributed by atoms with E-state index in [4.69, 9.17) is 10.2 Å². The van der Waals surface area contributed by atoms with Gasteiger partial charge < -0.3 is 10.2 Å². The van der Waals surface area contributed by atoms with Crippen molar-refractivity contribution in [1.82, 2.24) is 0 Å². The SMILES string of the molecule is O=C(O)CC(=S)C(=O)O. The van der Waals surface area contributed by atoms with E-state index in [-0.39, 0.29) is 0 Å². The van der Waals surface area contributed by atoms with E-state index >= 15 is 0 Å². The van der Waals surface area contributed by atoms with Gasteiger partial charge in [0, 0.05) is 0 Å². The highest BCUT2D eigenvalue weighted by molar-refractivity contribution is 7.82. The summed E-state index contributed by atoms with van der Waals surface area (Å²) in [5.41, 5.74) is 0. The fourth-order valence-corrected chi connectivity index (χ4v) is 0.336. The molecule has 0 aliphatic carbocycles. The lowest BCUT2D eigenvalue weighted by Crippen LogP contribution is -2.14. The minimum Gasteiger partial charge on any atom is -0.481 e. The van der Waals surface area contributed by atoms with Crippen LogP contribution in [-0.2, 0) is 9.59 Å². The van der Waals surface area contributed by atoms with Crippen molar-refractivity contribution in [2.45, 2.75) is 6.42 Å². The molecule has 0 atom stereocenters. The zero-order chi connectivity index (χ0) is 7.44. The summed E-state index contributed by atoms with van der Waals surface area (Å²) < 4.78 is 0. The summed E-state index contributed by atoms with van der Waals surface area (Å²) in [5.74, 6) is -2.56. The molecule has 0 aromatic rings. The summed E-state index contributed by atoms with van der Waals surface area (Å²) in [7, 11) is 0. The van der Waals surface area contributed by atoms with Crippen LogP contribution in [0.25, 0.3) is 0 Å². The highest BCUT2D eigenvalue weighted by atomic mass is 32.1. The second kappa shape index (κ2) is 3.13. The van der Waals surface area contributed by atoms with Gasteiger partial charge in [-0.3, -0.25) is 4.79 Å². The molecule has 5 heteroatoms. The summed E-state index contributed by atoms with van der Waals surface area (Å²) in [6.45, 7) is 0. The zero-order valence-corrected chi connectivity index (χ0v) is 5.14. The maximum Gasteiger partial charge on any atom is 0.343 e. The van der Waals surface area contributed by atoms with Crippen molar-refractivity contribution >= 4 is 29.0 Å². The Morgan fingerprint density at radius 2 is 1.78 bits per heavy atom. The number of hydrogen-bond acceptors (Lipinski definition) is 3. The average Bonchev–Trinajstić information content (AvgIpc) is 1.63. The van der Waals surface area contributed by atoms with E-state index in [1.807, 2.05) is 0 Å². The van der Waals surface area contributed by atoms with Gasteiger partial charge in [0.15, 0.2) is 0 Å². The Morgan fingerprint density at radius 3 is 1.89 bits per heavy atom. The minimum absolute atomic E-state index is 0.470. The Kier molecular flexibility index (Phi) is 2.80. The topological polar surface area (TPSA) is 74.6 Å². The van der Waals surface area contributed by atoms with Gasteiger partial charge in [-0.2, -0.15) is 0 Å². The van der Waals surface area contributed by atoms with Crippen molar-refractivity contribution in [3.63, 3.8) is 0 Å². The maximum atomic E-state index is 9.83. The highest BCUT2D eigenvalue weighted by Gasteiger charge is 2.09. The molecule has 0 fully saturated rings. The van der Waals surface area contributed by atoms with Crippen molar-refractivity contribution in [3.8, 4) is 0 Å². The molecule has 9 heavy (non-hydrogen) atoms. The molecule has 50 valence electrons. The first-order chi connectivity index (χ1) is 4.04. The van der Waals surface area contributed by atoms with E-state index < -0.39 is 23.2 Å². The molecular weight excluding hydrogens is 144 g/mol. The van der Waals surface area contributed by atoms with E-state index in [9.17, 15) is 9.59 Å². The molecule has 0 aliphatic heterocycles.